The van der Waals surface area contributed by atoms with Crippen LogP contribution in [0.2, 0.25) is 0 Å². The van der Waals surface area contributed by atoms with Crippen LogP contribution in [0.25, 0.3) is 5.69 Å². The maximum absolute atomic E-state index is 14.0. The number of amides is 2. The monoisotopic (exact) mass is 396 g/mol. The van der Waals surface area contributed by atoms with E-state index in [-0.39, 0.29) is 23.9 Å². The largest absolute Gasteiger partial charge is 0.368 e. The van der Waals surface area contributed by atoms with Crippen molar-refractivity contribution >= 4 is 17.4 Å². The Bertz CT molecular complexity index is 1040. The van der Waals surface area contributed by atoms with Crippen LogP contribution in [0.1, 0.15) is 0 Å². The molecule has 2 fully saturated rings. The van der Waals surface area contributed by atoms with Gasteiger partial charge in [0.2, 0.25) is 0 Å². The molecule has 148 valence electrons. The van der Waals surface area contributed by atoms with E-state index in [1.54, 1.807) is 17.1 Å². The zero-order valence-corrected chi connectivity index (χ0v) is 15.3. The number of para-hydroxylation sites is 2. The number of rotatable bonds is 4. The van der Waals surface area contributed by atoms with Gasteiger partial charge in [0.1, 0.15) is 24.3 Å². The van der Waals surface area contributed by atoms with E-state index in [0.717, 1.165) is 6.07 Å². The summed E-state index contributed by atoms with van der Waals surface area (Å²) in [6.07, 6.45) is 2.99. The number of hydrogen-bond donors (Lipinski definition) is 2. The summed E-state index contributed by atoms with van der Waals surface area (Å²) in [7, 11) is 0. The van der Waals surface area contributed by atoms with E-state index in [1.165, 1.54) is 18.5 Å². The Morgan fingerprint density at radius 2 is 1.86 bits per heavy atom. The van der Waals surface area contributed by atoms with Gasteiger partial charge in [-0.1, -0.05) is 12.1 Å². The minimum atomic E-state index is -0.585. The number of carbonyl (C=O) groups excluding carboxylic acids is 1. The smallest absolute Gasteiger partial charge is 0.319 e. The lowest BCUT2D eigenvalue weighted by Gasteiger charge is -2.23. The molecule has 2 aliphatic rings. The van der Waals surface area contributed by atoms with Crippen molar-refractivity contribution in [2.45, 2.75) is 6.04 Å². The van der Waals surface area contributed by atoms with Gasteiger partial charge in [0, 0.05) is 37.0 Å². The molecule has 0 radical (unpaired) electrons. The number of piperidine rings is 1. The molecule has 1 aromatic heterocycles. The topological polar surface area (TPSA) is 75.1 Å². The lowest BCUT2D eigenvalue weighted by Crippen LogP contribution is -2.37. The van der Waals surface area contributed by atoms with Crippen molar-refractivity contribution in [3.63, 3.8) is 0 Å². The third kappa shape index (κ3) is 3.28. The predicted molar refractivity (Wildman–Crippen MR) is 103 cm³/mol. The minimum Gasteiger partial charge on any atom is -0.368 e. The average Bonchev–Trinajstić information content (AvgIpc) is 3.13. The first kappa shape index (κ1) is 17.6. The van der Waals surface area contributed by atoms with Crippen LogP contribution in [0, 0.1) is 23.5 Å². The summed E-state index contributed by atoms with van der Waals surface area (Å²) >= 11 is 0. The molecule has 0 unspecified atom stereocenters. The number of nitrogens with zero attached hydrogens (tertiary/aromatic N) is 4. The summed E-state index contributed by atoms with van der Waals surface area (Å²) in [6, 6.07) is 10.7. The highest BCUT2D eigenvalue weighted by Gasteiger charge is 2.56. The van der Waals surface area contributed by atoms with Gasteiger partial charge in [-0.3, -0.25) is 0 Å². The van der Waals surface area contributed by atoms with E-state index in [9.17, 15) is 13.6 Å². The van der Waals surface area contributed by atoms with Gasteiger partial charge in [-0.15, -0.1) is 0 Å². The van der Waals surface area contributed by atoms with Crippen molar-refractivity contribution in [2.24, 2.45) is 11.8 Å². The number of carbonyl (C=O) groups is 1. The molecule has 3 aromatic rings. The molecule has 1 aliphatic carbocycles. The van der Waals surface area contributed by atoms with Crippen molar-refractivity contribution in [1.29, 1.82) is 0 Å². The number of urea groups is 1. The highest BCUT2D eigenvalue weighted by molar-refractivity contribution is 5.92. The maximum Gasteiger partial charge on any atom is 0.319 e. The van der Waals surface area contributed by atoms with Crippen molar-refractivity contribution in [3.05, 3.63) is 66.8 Å². The van der Waals surface area contributed by atoms with Crippen molar-refractivity contribution in [1.82, 2.24) is 20.1 Å². The van der Waals surface area contributed by atoms with E-state index in [1.807, 2.05) is 23.1 Å². The van der Waals surface area contributed by atoms with Crippen molar-refractivity contribution in [3.8, 4) is 5.69 Å². The second-order valence-electron chi connectivity index (χ2n) is 7.31. The van der Waals surface area contributed by atoms with Crippen LogP contribution < -0.4 is 15.5 Å². The molecule has 7 nitrogen and oxygen atoms in total. The van der Waals surface area contributed by atoms with Crippen LogP contribution in [0.4, 0.5) is 25.0 Å². The molecule has 2 amide bonds. The molecule has 2 heterocycles. The first-order valence-electron chi connectivity index (χ1n) is 9.32. The Balaban J connectivity index is 1.20. The van der Waals surface area contributed by atoms with Gasteiger partial charge in [-0.25, -0.2) is 23.2 Å². The third-order valence-electron chi connectivity index (χ3n) is 5.56. The fourth-order valence-corrected chi connectivity index (χ4v) is 4.10. The molecule has 3 atom stereocenters. The predicted octanol–water partition coefficient (Wildman–Crippen LogP) is 2.80. The quantitative estimate of drug-likeness (QED) is 0.711. The third-order valence-corrected chi connectivity index (χ3v) is 5.56. The minimum absolute atomic E-state index is 0.0493. The summed E-state index contributed by atoms with van der Waals surface area (Å²) in [4.78, 5) is 18.3. The molecule has 1 aliphatic heterocycles. The highest BCUT2D eigenvalue weighted by atomic mass is 19.1. The zero-order valence-electron chi connectivity index (χ0n) is 15.3. The molecule has 0 bridgehead atoms. The van der Waals surface area contributed by atoms with E-state index in [0.29, 0.717) is 30.2 Å². The number of anilines is 2. The normalized spacial score (nSPS) is 22.3. The average molecular weight is 396 g/mol. The molecular formula is C20H18F2N6O. The second kappa shape index (κ2) is 6.84. The van der Waals surface area contributed by atoms with Crippen LogP contribution in [-0.4, -0.2) is 39.9 Å². The second-order valence-corrected chi connectivity index (χ2v) is 7.31. The van der Waals surface area contributed by atoms with Gasteiger partial charge in [0.25, 0.3) is 0 Å². The molecule has 5 rings (SSSR count). The molecule has 9 heteroatoms. The molecular weight excluding hydrogens is 378 g/mol. The van der Waals surface area contributed by atoms with Gasteiger partial charge >= 0.3 is 6.03 Å². The number of halogens is 2. The van der Waals surface area contributed by atoms with Crippen LogP contribution >= 0.6 is 0 Å². The summed E-state index contributed by atoms with van der Waals surface area (Å²) < 4.78 is 28.7. The summed E-state index contributed by atoms with van der Waals surface area (Å²) in [5.41, 5.74) is 1.74. The molecule has 2 N–H and O–H groups in total. The van der Waals surface area contributed by atoms with Gasteiger partial charge in [-0.05, 0) is 24.3 Å². The Morgan fingerprint density at radius 3 is 2.59 bits per heavy atom. The number of benzene rings is 2. The van der Waals surface area contributed by atoms with Crippen molar-refractivity contribution < 1.29 is 13.6 Å². The number of hydrogen-bond acceptors (Lipinski definition) is 4. The Labute approximate surface area is 165 Å². The Kier molecular flexibility index (Phi) is 4.15. The molecule has 29 heavy (non-hydrogen) atoms. The lowest BCUT2D eigenvalue weighted by molar-refractivity contribution is 0.250. The van der Waals surface area contributed by atoms with E-state index in [2.05, 4.69) is 20.7 Å². The van der Waals surface area contributed by atoms with E-state index >= 15 is 0 Å². The molecule has 1 saturated carbocycles. The number of nitrogens with one attached hydrogen (secondary N) is 2. The SMILES string of the molecule is O=C(Nc1ccccc1-n1cncn1)N[C@H]1[C@@H]2CN(c3ccc(F)cc3F)C[C@@H]21. The fourth-order valence-electron chi connectivity index (χ4n) is 4.10. The number of aromatic nitrogens is 3. The van der Waals surface area contributed by atoms with Crippen LogP contribution in [0.3, 0.4) is 0 Å². The summed E-state index contributed by atoms with van der Waals surface area (Å²) in [5, 5.41) is 9.96. The zero-order chi connectivity index (χ0) is 20.0. The van der Waals surface area contributed by atoms with E-state index in [4.69, 9.17) is 0 Å². The first-order chi connectivity index (χ1) is 14.1. The summed E-state index contributed by atoms with van der Waals surface area (Å²) in [5.74, 6) is -0.622. The number of fused-ring (bicyclic) bond motifs is 1. The van der Waals surface area contributed by atoms with Crippen molar-refractivity contribution in [2.75, 3.05) is 23.3 Å². The Morgan fingerprint density at radius 1 is 1.07 bits per heavy atom. The van der Waals surface area contributed by atoms with E-state index < -0.39 is 11.6 Å². The highest BCUT2D eigenvalue weighted by Crippen LogP contribution is 2.47. The van der Waals surface area contributed by atoms with Gasteiger partial charge < -0.3 is 15.5 Å². The molecule has 1 saturated heterocycles. The van der Waals surface area contributed by atoms with Gasteiger partial charge in [0.15, 0.2) is 0 Å². The van der Waals surface area contributed by atoms with Gasteiger partial charge in [-0.2, -0.15) is 5.10 Å². The van der Waals surface area contributed by atoms with Crippen LogP contribution in [0.15, 0.2) is 55.1 Å². The van der Waals surface area contributed by atoms with Crippen LogP contribution in [-0.2, 0) is 0 Å². The Hall–Kier alpha value is -3.49. The fraction of sp³-hybridized carbons (Fsp3) is 0.250. The maximum atomic E-state index is 14.0. The van der Waals surface area contributed by atoms with Gasteiger partial charge in [0.05, 0.1) is 17.1 Å². The molecule has 0 spiro atoms. The molecule has 2 aromatic carbocycles. The standard InChI is InChI=1S/C20H18F2N6O/c21-12-5-6-17(15(22)7-12)27-8-13-14(9-27)19(13)26-20(29)25-16-3-1-2-4-18(16)28-11-23-10-24-28/h1-7,10-11,13-14,19H,8-9H2,(H2,25,26,29)/t13-,14+,19+. The summed E-state index contributed by atoms with van der Waals surface area (Å²) in [6.45, 7) is 1.27. The lowest BCUT2D eigenvalue weighted by atomic mass is 10.2. The van der Waals surface area contributed by atoms with Crippen LogP contribution in [0.5, 0.6) is 0 Å². The first-order valence-corrected chi connectivity index (χ1v) is 9.32.